The summed E-state index contributed by atoms with van der Waals surface area (Å²) in [6.07, 6.45) is 1.63. The van der Waals surface area contributed by atoms with Gasteiger partial charge in [0.25, 0.3) is 16.8 Å². The molecule has 0 N–H and O–H groups in total. The molecule has 2 amide bonds. The fourth-order valence-corrected chi connectivity index (χ4v) is 4.15. The van der Waals surface area contributed by atoms with E-state index in [2.05, 4.69) is 6.07 Å². The van der Waals surface area contributed by atoms with Crippen molar-refractivity contribution in [1.29, 1.82) is 5.26 Å². The topological polar surface area (TPSA) is 114 Å². The van der Waals surface area contributed by atoms with E-state index in [9.17, 15) is 25.0 Å². The second-order valence-corrected chi connectivity index (χ2v) is 8.31. The van der Waals surface area contributed by atoms with Crippen molar-refractivity contribution in [2.24, 2.45) is 0 Å². The van der Waals surface area contributed by atoms with Crippen LogP contribution in [0.1, 0.15) is 22.3 Å². The molecule has 9 heteroatoms. The van der Waals surface area contributed by atoms with E-state index in [-0.39, 0.29) is 24.1 Å². The average molecular weight is 471 g/mol. The lowest BCUT2D eigenvalue weighted by Crippen LogP contribution is -2.27. The third-order valence-corrected chi connectivity index (χ3v) is 5.95. The number of thioether (sulfide) groups is 1. The zero-order chi connectivity index (χ0) is 24.1. The molecular weight excluding hydrogens is 454 g/mol. The van der Waals surface area contributed by atoms with Crippen LogP contribution in [0, 0.1) is 21.4 Å². The van der Waals surface area contributed by atoms with Crippen molar-refractivity contribution in [3.05, 3.63) is 110 Å². The van der Waals surface area contributed by atoms with Crippen LogP contribution in [-0.4, -0.2) is 21.0 Å². The van der Waals surface area contributed by atoms with Crippen molar-refractivity contribution >= 4 is 34.7 Å². The molecule has 3 aromatic rings. The number of hydrogen-bond donors (Lipinski definition) is 0. The summed E-state index contributed by atoms with van der Waals surface area (Å²) < 4.78 is 5.69. The minimum Gasteiger partial charge on any atom is -0.489 e. The summed E-state index contributed by atoms with van der Waals surface area (Å²) in [4.78, 5) is 37.1. The number of ether oxygens (including phenoxy) is 1. The van der Waals surface area contributed by atoms with Gasteiger partial charge in [-0.2, -0.15) is 5.26 Å². The van der Waals surface area contributed by atoms with Crippen molar-refractivity contribution in [2.45, 2.75) is 13.2 Å². The molecule has 4 rings (SSSR count). The van der Waals surface area contributed by atoms with Gasteiger partial charge in [-0.15, -0.1) is 0 Å². The lowest BCUT2D eigenvalue weighted by atomic mass is 10.1. The van der Waals surface area contributed by atoms with Crippen LogP contribution in [0.15, 0.2) is 77.7 Å². The largest absolute Gasteiger partial charge is 0.489 e. The Labute approximate surface area is 199 Å². The second-order valence-electron chi connectivity index (χ2n) is 7.32. The number of carbonyl (C=O) groups is 2. The van der Waals surface area contributed by atoms with E-state index in [1.54, 1.807) is 66.7 Å². The highest BCUT2D eigenvalue weighted by Gasteiger charge is 2.35. The van der Waals surface area contributed by atoms with E-state index in [4.69, 9.17) is 4.74 Å². The number of carbonyl (C=O) groups excluding carboxylic acids is 2. The first-order valence-electron chi connectivity index (χ1n) is 10.1. The standard InChI is InChI=1S/C25H17N3O5S/c26-14-19-5-1-2-6-20(19)15-27-24(29)23(34-25(27)30)13-17-8-10-22(11-9-17)33-16-18-4-3-7-21(12-18)28(31)32/h1-13H,15-16H2/b23-13+. The summed E-state index contributed by atoms with van der Waals surface area (Å²) in [5, 5.41) is 19.7. The summed E-state index contributed by atoms with van der Waals surface area (Å²) in [7, 11) is 0. The van der Waals surface area contributed by atoms with E-state index in [1.807, 2.05) is 0 Å². The van der Waals surface area contributed by atoms with Gasteiger partial charge in [-0.3, -0.25) is 24.6 Å². The first-order valence-corrected chi connectivity index (χ1v) is 11.0. The van der Waals surface area contributed by atoms with Gasteiger partial charge in [-0.1, -0.05) is 42.5 Å². The minimum atomic E-state index is -0.456. The minimum absolute atomic E-state index is 0.00139. The molecule has 0 saturated carbocycles. The first kappa shape index (κ1) is 22.8. The molecule has 8 nitrogen and oxygen atoms in total. The zero-order valence-electron chi connectivity index (χ0n) is 17.7. The van der Waals surface area contributed by atoms with E-state index in [0.717, 1.165) is 16.7 Å². The molecule has 168 valence electrons. The Bertz CT molecular complexity index is 1350. The third-order valence-electron chi connectivity index (χ3n) is 5.04. The molecule has 0 aromatic heterocycles. The third kappa shape index (κ3) is 5.14. The first-order chi connectivity index (χ1) is 16.4. The summed E-state index contributed by atoms with van der Waals surface area (Å²) in [5.74, 6) is 0.151. The lowest BCUT2D eigenvalue weighted by molar-refractivity contribution is -0.384. The van der Waals surface area contributed by atoms with Gasteiger partial charge in [0, 0.05) is 12.1 Å². The van der Waals surface area contributed by atoms with Gasteiger partial charge in [0.1, 0.15) is 12.4 Å². The van der Waals surface area contributed by atoms with Crippen LogP contribution in [0.5, 0.6) is 5.75 Å². The zero-order valence-corrected chi connectivity index (χ0v) is 18.5. The van der Waals surface area contributed by atoms with Gasteiger partial charge in [0.15, 0.2) is 0 Å². The van der Waals surface area contributed by atoms with Crippen molar-refractivity contribution in [3.8, 4) is 11.8 Å². The van der Waals surface area contributed by atoms with E-state index < -0.39 is 10.8 Å². The van der Waals surface area contributed by atoms with Crippen LogP contribution in [0.2, 0.25) is 0 Å². The van der Waals surface area contributed by atoms with Crippen molar-refractivity contribution in [2.75, 3.05) is 0 Å². The normalized spacial score (nSPS) is 14.3. The second kappa shape index (κ2) is 10.0. The Kier molecular flexibility index (Phi) is 6.71. The van der Waals surface area contributed by atoms with Crippen LogP contribution in [0.25, 0.3) is 6.08 Å². The summed E-state index contributed by atoms with van der Waals surface area (Å²) in [5.41, 5.74) is 2.42. The Morgan fingerprint density at radius 1 is 1.06 bits per heavy atom. The molecule has 0 spiro atoms. The predicted octanol–water partition coefficient (Wildman–Crippen LogP) is 5.28. The molecule has 3 aromatic carbocycles. The summed E-state index contributed by atoms with van der Waals surface area (Å²) >= 11 is 0.854. The highest BCUT2D eigenvalue weighted by Crippen LogP contribution is 2.34. The monoisotopic (exact) mass is 471 g/mol. The number of nitro groups is 1. The number of amides is 2. The highest BCUT2D eigenvalue weighted by atomic mass is 32.2. The lowest BCUT2D eigenvalue weighted by Gasteiger charge is -2.13. The van der Waals surface area contributed by atoms with Gasteiger partial charge >= 0.3 is 0 Å². The summed E-state index contributed by atoms with van der Waals surface area (Å²) in [6, 6.07) is 22.1. The molecule has 1 aliphatic rings. The number of nitriles is 1. The molecule has 1 fully saturated rings. The Morgan fingerprint density at radius 2 is 1.82 bits per heavy atom. The van der Waals surface area contributed by atoms with Gasteiger partial charge in [-0.05, 0) is 52.7 Å². The predicted molar refractivity (Wildman–Crippen MR) is 127 cm³/mol. The van der Waals surface area contributed by atoms with Gasteiger partial charge in [0.05, 0.1) is 28.0 Å². The Balaban J connectivity index is 1.42. The molecule has 34 heavy (non-hydrogen) atoms. The number of rotatable bonds is 7. The maximum absolute atomic E-state index is 12.8. The molecule has 1 saturated heterocycles. The summed E-state index contributed by atoms with van der Waals surface area (Å²) in [6.45, 7) is 0.209. The van der Waals surface area contributed by atoms with Crippen molar-refractivity contribution in [1.82, 2.24) is 4.90 Å². The van der Waals surface area contributed by atoms with Crippen molar-refractivity contribution < 1.29 is 19.2 Å². The molecule has 1 aliphatic heterocycles. The number of benzene rings is 3. The molecule has 1 heterocycles. The van der Waals surface area contributed by atoms with Gasteiger partial charge in [0.2, 0.25) is 0 Å². The van der Waals surface area contributed by atoms with E-state index in [1.165, 1.54) is 12.1 Å². The van der Waals surface area contributed by atoms with Crippen LogP contribution >= 0.6 is 11.8 Å². The molecule has 0 aliphatic carbocycles. The molecule has 0 unspecified atom stereocenters. The highest BCUT2D eigenvalue weighted by molar-refractivity contribution is 8.18. The van der Waals surface area contributed by atoms with Crippen molar-refractivity contribution in [3.63, 3.8) is 0 Å². The fraction of sp³-hybridized carbons (Fsp3) is 0.0800. The van der Waals surface area contributed by atoms with Gasteiger partial charge in [-0.25, -0.2) is 0 Å². The van der Waals surface area contributed by atoms with Gasteiger partial charge < -0.3 is 4.74 Å². The van der Waals surface area contributed by atoms with E-state index in [0.29, 0.717) is 32.9 Å². The Morgan fingerprint density at radius 3 is 2.56 bits per heavy atom. The maximum Gasteiger partial charge on any atom is 0.293 e. The van der Waals surface area contributed by atoms with Crippen LogP contribution in [0.3, 0.4) is 0 Å². The van der Waals surface area contributed by atoms with Crippen LogP contribution < -0.4 is 4.74 Å². The number of non-ortho nitro benzene ring substituents is 1. The molecular formula is C25H17N3O5S. The van der Waals surface area contributed by atoms with Crippen LogP contribution in [-0.2, 0) is 17.9 Å². The Hall–Kier alpha value is -4.42. The number of imide groups is 1. The quantitative estimate of drug-likeness (QED) is 0.262. The number of nitrogens with zero attached hydrogens (tertiary/aromatic N) is 3. The maximum atomic E-state index is 12.8. The van der Waals surface area contributed by atoms with Crippen LogP contribution in [0.4, 0.5) is 10.5 Å². The van der Waals surface area contributed by atoms with E-state index >= 15 is 0 Å². The SMILES string of the molecule is N#Cc1ccccc1CN1C(=O)S/C(=C/c2ccc(OCc3cccc([N+](=O)[O-])c3)cc2)C1=O. The average Bonchev–Trinajstić information content (AvgIpc) is 3.11. The molecule has 0 radical (unpaired) electrons. The fourth-order valence-electron chi connectivity index (χ4n) is 3.31. The smallest absolute Gasteiger partial charge is 0.293 e. The molecule has 0 bridgehead atoms. The number of nitro benzene ring substituents is 1. The molecule has 0 atom stereocenters. The number of hydrogen-bond acceptors (Lipinski definition) is 7.